The molecule has 3 heterocycles. The van der Waals surface area contributed by atoms with Crippen LogP contribution in [0.1, 0.15) is 36.0 Å². The summed E-state index contributed by atoms with van der Waals surface area (Å²) in [7, 11) is 0. The number of rotatable bonds is 1. The first-order chi connectivity index (χ1) is 9.76. The molecular formula is C15H15N3OS. The van der Waals surface area contributed by atoms with E-state index < -0.39 is 0 Å². The van der Waals surface area contributed by atoms with Gasteiger partial charge in [0.25, 0.3) is 5.91 Å². The van der Waals surface area contributed by atoms with Crippen LogP contribution in [-0.4, -0.2) is 16.6 Å². The number of nitrogens with zero attached hydrogens (tertiary/aromatic N) is 1. The second kappa shape index (κ2) is 4.31. The first-order valence-electron chi connectivity index (χ1n) is 6.91. The lowest BCUT2D eigenvalue weighted by atomic mass is 10.0. The minimum absolute atomic E-state index is 0.0530. The van der Waals surface area contributed by atoms with Crippen LogP contribution >= 0.6 is 11.3 Å². The molecule has 5 heteroatoms. The third-order valence-electron chi connectivity index (χ3n) is 4.10. The zero-order chi connectivity index (χ0) is 13.6. The van der Waals surface area contributed by atoms with Gasteiger partial charge in [-0.05, 0) is 49.4 Å². The minimum Gasteiger partial charge on any atom is -0.354 e. The van der Waals surface area contributed by atoms with Gasteiger partial charge in [-0.3, -0.25) is 9.78 Å². The molecule has 1 spiro atoms. The highest BCUT2D eigenvalue weighted by Gasteiger charge is 2.40. The van der Waals surface area contributed by atoms with E-state index in [9.17, 15) is 4.79 Å². The van der Waals surface area contributed by atoms with Gasteiger partial charge in [0.15, 0.2) is 0 Å². The molecule has 2 aromatic heterocycles. The van der Waals surface area contributed by atoms with E-state index in [-0.39, 0.29) is 11.6 Å². The van der Waals surface area contributed by atoms with Crippen LogP contribution < -0.4 is 10.6 Å². The molecule has 102 valence electrons. The van der Waals surface area contributed by atoms with Gasteiger partial charge in [-0.15, -0.1) is 11.3 Å². The van der Waals surface area contributed by atoms with Crippen LogP contribution in [0.25, 0.3) is 10.4 Å². The van der Waals surface area contributed by atoms with E-state index in [2.05, 4.69) is 15.6 Å². The Hall–Kier alpha value is -1.88. The van der Waals surface area contributed by atoms with Crippen molar-refractivity contribution >= 4 is 22.2 Å². The number of anilines is 1. The third kappa shape index (κ3) is 1.81. The van der Waals surface area contributed by atoms with Gasteiger partial charge in [-0.2, -0.15) is 0 Å². The van der Waals surface area contributed by atoms with Crippen LogP contribution in [-0.2, 0) is 0 Å². The summed E-state index contributed by atoms with van der Waals surface area (Å²) >= 11 is 1.65. The molecule has 0 bridgehead atoms. The van der Waals surface area contributed by atoms with Crippen molar-refractivity contribution in [1.29, 1.82) is 0 Å². The average Bonchev–Trinajstić information content (AvgIpc) is 3.08. The summed E-state index contributed by atoms with van der Waals surface area (Å²) in [6.45, 7) is 0. The van der Waals surface area contributed by atoms with E-state index in [1.807, 2.05) is 18.2 Å². The highest BCUT2D eigenvalue weighted by atomic mass is 32.1. The molecule has 1 fully saturated rings. The van der Waals surface area contributed by atoms with E-state index in [1.165, 1.54) is 12.8 Å². The summed E-state index contributed by atoms with van der Waals surface area (Å²) in [4.78, 5) is 17.5. The Morgan fingerprint density at radius 2 is 1.90 bits per heavy atom. The molecule has 1 amide bonds. The molecule has 4 nitrogen and oxygen atoms in total. The van der Waals surface area contributed by atoms with Crippen LogP contribution in [0.2, 0.25) is 0 Å². The zero-order valence-corrected chi connectivity index (χ0v) is 11.8. The van der Waals surface area contributed by atoms with E-state index in [0.717, 1.165) is 33.8 Å². The van der Waals surface area contributed by atoms with Crippen molar-refractivity contribution in [1.82, 2.24) is 10.3 Å². The number of amides is 1. The average molecular weight is 285 g/mol. The Morgan fingerprint density at radius 1 is 1.15 bits per heavy atom. The van der Waals surface area contributed by atoms with Crippen molar-refractivity contribution in [2.24, 2.45) is 0 Å². The molecule has 1 aliphatic carbocycles. The summed E-state index contributed by atoms with van der Waals surface area (Å²) < 4.78 is 0. The number of hydrogen-bond donors (Lipinski definition) is 2. The predicted molar refractivity (Wildman–Crippen MR) is 79.8 cm³/mol. The summed E-state index contributed by atoms with van der Waals surface area (Å²) in [5.74, 6) is 0.0530. The van der Waals surface area contributed by atoms with Gasteiger partial charge in [0.2, 0.25) is 0 Å². The SMILES string of the molecule is O=C1NC2(CCCC2)Nc2sc(-c3ccncc3)cc21. The van der Waals surface area contributed by atoms with E-state index in [4.69, 9.17) is 0 Å². The van der Waals surface area contributed by atoms with Crippen molar-refractivity contribution in [3.05, 3.63) is 36.2 Å². The number of hydrogen-bond acceptors (Lipinski definition) is 4. The number of carbonyl (C=O) groups excluding carboxylic acids is 1. The number of pyridine rings is 1. The molecule has 0 saturated heterocycles. The van der Waals surface area contributed by atoms with Gasteiger partial charge in [0.05, 0.1) is 5.56 Å². The number of fused-ring (bicyclic) bond motifs is 1. The van der Waals surface area contributed by atoms with Crippen LogP contribution in [0.3, 0.4) is 0 Å². The Kier molecular flexibility index (Phi) is 2.57. The molecule has 2 N–H and O–H groups in total. The van der Waals surface area contributed by atoms with Gasteiger partial charge < -0.3 is 10.6 Å². The number of nitrogens with one attached hydrogen (secondary N) is 2. The number of thiophene rings is 1. The highest BCUT2D eigenvalue weighted by Crippen LogP contribution is 2.42. The summed E-state index contributed by atoms with van der Waals surface area (Å²) in [6, 6.07) is 5.92. The summed E-state index contributed by atoms with van der Waals surface area (Å²) in [5, 5.41) is 7.72. The van der Waals surface area contributed by atoms with Crippen molar-refractivity contribution in [3.8, 4) is 10.4 Å². The lowest BCUT2D eigenvalue weighted by Crippen LogP contribution is -2.55. The molecule has 2 aromatic rings. The van der Waals surface area contributed by atoms with Gasteiger partial charge in [-0.25, -0.2) is 0 Å². The standard InChI is InChI=1S/C15H15N3OS/c19-13-11-9-12(10-3-7-16-8-4-10)20-14(11)18-15(17-13)5-1-2-6-15/h3-4,7-9,18H,1-2,5-6H2,(H,17,19). The van der Waals surface area contributed by atoms with Gasteiger partial charge in [-0.1, -0.05) is 0 Å². The first kappa shape index (κ1) is 11.9. The van der Waals surface area contributed by atoms with Crippen LogP contribution in [0.5, 0.6) is 0 Å². The maximum absolute atomic E-state index is 12.3. The highest BCUT2D eigenvalue weighted by molar-refractivity contribution is 7.19. The van der Waals surface area contributed by atoms with Crippen molar-refractivity contribution in [2.75, 3.05) is 5.32 Å². The topological polar surface area (TPSA) is 54.0 Å². The molecule has 1 aliphatic heterocycles. The summed E-state index contributed by atoms with van der Waals surface area (Å²) in [6.07, 6.45) is 7.93. The Bertz CT molecular complexity index is 659. The fourth-order valence-electron chi connectivity index (χ4n) is 3.07. The van der Waals surface area contributed by atoms with Crippen LogP contribution in [0.15, 0.2) is 30.6 Å². The quantitative estimate of drug-likeness (QED) is 0.845. The van der Waals surface area contributed by atoms with E-state index in [0.29, 0.717) is 0 Å². The molecule has 2 aliphatic rings. The van der Waals surface area contributed by atoms with Crippen molar-refractivity contribution < 1.29 is 4.79 Å². The monoisotopic (exact) mass is 285 g/mol. The largest absolute Gasteiger partial charge is 0.354 e. The van der Waals surface area contributed by atoms with Crippen molar-refractivity contribution in [2.45, 2.75) is 31.3 Å². The second-order valence-electron chi connectivity index (χ2n) is 5.46. The Balaban J connectivity index is 1.74. The molecule has 20 heavy (non-hydrogen) atoms. The number of aromatic nitrogens is 1. The minimum atomic E-state index is -0.204. The second-order valence-corrected chi connectivity index (χ2v) is 6.51. The van der Waals surface area contributed by atoms with E-state index in [1.54, 1.807) is 23.7 Å². The summed E-state index contributed by atoms with van der Waals surface area (Å²) in [5.41, 5.74) is 1.67. The zero-order valence-electron chi connectivity index (χ0n) is 11.0. The van der Waals surface area contributed by atoms with Gasteiger partial charge in [0, 0.05) is 17.3 Å². The molecule has 0 radical (unpaired) electrons. The molecule has 0 aromatic carbocycles. The maximum Gasteiger partial charge on any atom is 0.256 e. The molecule has 4 rings (SSSR count). The molecular weight excluding hydrogens is 270 g/mol. The first-order valence-corrected chi connectivity index (χ1v) is 7.72. The maximum atomic E-state index is 12.3. The molecule has 0 unspecified atom stereocenters. The van der Waals surface area contributed by atoms with Gasteiger partial charge in [0.1, 0.15) is 10.7 Å². The van der Waals surface area contributed by atoms with Gasteiger partial charge >= 0.3 is 0 Å². The Morgan fingerprint density at radius 3 is 2.65 bits per heavy atom. The normalized spacial score (nSPS) is 19.5. The fraction of sp³-hybridized carbons (Fsp3) is 0.333. The predicted octanol–water partition coefficient (Wildman–Crippen LogP) is 3.24. The lowest BCUT2D eigenvalue weighted by Gasteiger charge is -2.35. The number of carbonyl (C=O) groups is 1. The lowest BCUT2D eigenvalue weighted by molar-refractivity contribution is 0.0903. The molecule has 0 atom stereocenters. The smallest absolute Gasteiger partial charge is 0.256 e. The fourth-order valence-corrected chi connectivity index (χ4v) is 4.23. The molecule has 1 saturated carbocycles. The van der Waals surface area contributed by atoms with Crippen LogP contribution in [0.4, 0.5) is 5.00 Å². The van der Waals surface area contributed by atoms with Crippen molar-refractivity contribution in [3.63, 3.8) is 0 Å². The van der Waals surface area contributed by atoms with Crippen LogP contribution in [0, 0.1) is 0 Å². The Labute approximate surface area is 121 Å². The third-order valence-corrected chi connectivity index (χ3v) is 5.20. The van der Waals surface area contributed by atoms with E-state index >= 15 is 0 Å².